The van der Waals surface area contributed by atoms with Crippen LogP contribution in [-0.4, -0.2) is 30.2 Å². The van der Waals surface area contributed by atoms with Crippen molar-refractivity contribution in [1.82, 2.24) is 4.90 Å². The highest BCUT2D eigenvalue weighted by molar-refractivity contribution is 5.67. The average molecular weight is 225 g/mol. The smallest absolute Gasteiger partial charge is 0.410 e. The highest BCUT2D eigenvalue weighted by atomic mass is 16.6. The van der Waals surface area contributed by atoms with E-state index < -0.39 is 0 Å². The molecule has 0 spiro atoms. The minimum Gasteiger partial charge on any atom is -0.446 e. The molecule has 0 aromatic carbocycles. The first-order chi connectivity index (χ1) is 7.79. The van der Waals surface area contributed by atoms with Crippen LogP contribution in [0.25, 0.3) is 0 Å². The predicted octanol–water partition coefficient (Wildman–Crippen LogP) is 3.19. The first-order valence-corrected chi connectivity index (χ1v) is 6.75. The van der Waals surface area contributed by atoms with E-state index in [9.17, 15) is 4.79 Å². The number of likely N-dealkylation sites (tertiary alicyclic amines) is 1. The number of amides is 1. The van der Waals surface area contributed by atoms with Crippen LogP contribution in [0.3, 0.4) is 0 Å². The van der Waals surface area contributed by atoms with Crippen molar-refractivity contribution in [3.05, 3.63) is 0 Å². The average Bonchev–Trinajstić information content (AvgIpc) is 2.82. The van der Waals surface area contributed by atoms with E-state index in [1.54, 1.807) is 0 Å². The van der Waals surface area contributed by atoms with Crippen LogP contribution in [0.2, 0.25) is 0 Å². The van der Waals surface area contributed by atoms with Crippen molar-refractivity contribution in [2.24, 2.45) is 5.92 Å². The predicted molar refractivity (Wildman–Crippen MR) is 63.3 cm³/mol. The number of carbonyl (C=O) groups is 1. The summed E-state index contributed by atoms with van der Waals surface area (Å²) < 4.78 is 5.51. The summed E-state index contributed by atoms with van der Waals surface area (Å²) >= 11 is 0. The van der Waals surface area contributed by atoms with Gasteiger partial charge in [-0.2, -0.15) is 0 Å². The van der Waals surface area contributed by atoms with E-state index in [4.69, 9.17) is 4.74 Å². The van der Waals surface area contributed by atoms with E-state index in [0.717, 1.165) is 44.7 Å². The molecule has 0 unspecified atom stereocenters. The second kappa shape index (κ2) is 5.55. The maximum atomic E-state index is 11.9. The maximum absolute atomic E-state index is 11.9. The fourth-order valence-corrected chi connectivity index (χ4v) is 2.75. The number of hydrogen-bond donors (Lipinski definition) is 0. The molecular weight excluding hydrogens is 202 g/mol. The standard InChI is InChI=1S/C13H23NO2/c1-2-11-7-9-14(10-8-11)13(15)16-12-5-3-4-6-12/h11-12H,2-10H2,1H3. The van der Waals surface area contributed by atoms with E-state index in [1.165, 1.54) is 19.3 Å². The van der Waals surface area contributed by atoms with Gasteiger partial charge in [0, 0.05) is 13.1 Å². The zero-order chi connectivity index (χ0) is 11.4. The summed E-state index contributed by atoms with van der Waals surface area (Å²) in [5.41, 5.74) is 0. The van der Waals surface area contributed by atoms with Gasteiger partial charge in [-0.25, -0.2) is 4.79 Å². The SMILES string of the molecule is CCC1CCN(C(=O)OC2CCCC2)CC1. The fourth-order valence-electron chi connectivity index (χ4n) is 2.75. The van der Waals surface area contributed by atoms with Gasteiger partial charge in [-0.15, -0.1) is 0 Å². The van der Waals surface area contributed by atoms with Crippen molar-refractivity contribution in [2.75, 3.05) is 13.1 Å². The van der Waals surface area contributed by atoms with Gasteiger partial charge in [-0.3, -0.25) is 0 Å². The van der Waals surface area contributed by atoms with Crippen molar-refractivity contribution in [2.45, 2.75) is 58.0 Å². The van der Waals surface area contributed by atoms with Gasteiger partial charge in [0.1, 0.15) is 6.10 Å². The van der Waals surface area contributed by atoms with Crippen LogP contribution in [0.15, 0.2) is 0 Å². The van der Waals surface area contributed by atoms with Crippen LogP contribution >= 0.6 is 0 Å². The molecule has 0 radical (unpaired) electrons. The van der Waals surface area contributed by atoms with Crippen molar-refractivity contribution < 1.29 is 9.53 Å². The lowest BCUT2D eigenvalue weighted by molar-refractivity contribution is 0.0550. The molecule has 0 aromatic rings. The molecule has 0 bridgehead atoms. The minimum absolute atomic E-state index is 0.0681. The molecule has 3 nitrogen and oxygen atoms in total. The van der Waals surface area contributed by atoms with Crippen molar-refractivity contribution in [3.8, 4) is 0 Å². The van der Waals surface area contributed by atoms with Gasteiger partial charge in [0.25, 0.3) is 0 Å². The summed E-state index contributed by atoms with van der Waals surface area (Å²) in [6, 6.07) is 0. The normalized spacial score (nSPS) is 23.7. The Labute approximate surface area is 98.1 Å². The molecule has 1 saturated heterocycles. The molecule has 2 rings (SSSR count). The molecule has 0 atom stereocenters. The van der Waals surface area contributed by atoms with E-state index >= 15 is 0 Å². The summed E-state index contributed by atoms with van der Waals surface area (Å²) in [5.74, 6) is 0.815. The summed E-state index contributed by atoms with van der Waals surface area (Å²) in [6.07, 6.45) is 8.25. The zero-order valence-electron chi connectivity index (χ0n) is 10.3. The van der Waals surface area contributed by atoms with Crippen LogP contribution in [0.1, 0.15) is 51.9 Å². The minimum atomic E-state index is -0.0681. The molecule has 2 aliphatic rings. The van der Waals surface area contributed by atoms with Crippen molar-refractivity contribution in [3.63, 3.8) is 0 Å². The van der Waals surface area contributed by atoms with E-state index in [0.29, 0.717) is 0 Å². The number of hydrogen-bond acceptors (Lipinski definition) is 2. The Morgan fingerprint density at radius 2 is 1.81 bits per heavy atom. The largest absolute Gasteiger partial charge is 0.446 e. The molecule has 0 aromatic heterocycles. The first kappa shape index (κ1) is 11.7. The highest BCUT2D eigenvalue weighted by Gasteiger charge is 2.26. The van der Waals surface area contributed by atoms with Gasteiger partial charge < -0.3 is 9.64 Å². The molecule has 92 valence electrons. The number of carbonyl (C=O) groups excluding carboxylic acids is 1. The lowest BCUT2D eigenvalue weighted by atomic mass is 9.95. The molecule has 1 aliphatic heterocycles. The van der Waals surface area contributed by atoms with Crippen LogP contribution in [0.5, 0.6) is 0 Å². The summed E-state index contributed by atoms with van der Waals surface area (Å²) in [4.78, 5) is 13.7. The van der Waals surface area contributed by atoms with Gasteiger partial charge in [0.15, 0.2) is 0 Å². The van der Waals surface area contributed by atoms with E-state index in [-0.39, 0.29) is 12.2 Å². The summed E-state index contributed by atoms with van der Waals surface area (Å²) in [5, 5.41) is 0. The van der Waals surface area contributed by atoms with Crippen molar-refractivity contribution in [1.29, 1.82) is 0 Å². The second-order valence-electron chi connectivity index (χ2n) is 5.13. The monoisotopic (exact) mass is 225 g/mol. The Hall–Kier alpha value is -0.730. The molecule has 0 N–H and O–H groups in total. The Balaban J connectivity index is 1.73. The molecule has 1 amide bonds. The van der Waals surface area contributed by atoms with Gasteiger partial charge in [0.2, 0.25) is 0 Å². The number of nitrogens with zero attached hydrogens (tertiary/aromatic N) is 1. The Bertz CT molecular complexity index is 228. The molecule has 1 saturated carbocycles. The topological polar surface area (TPSA) is 29.5 Å². The Kier molecular flexibility index (Phi) is 4.08. The lowest BCUT2D eigenvalue weighted by Gasteiger charge is -2.31. The molecule has 3 heteroatoms. The summed E-state index contributed by atoms with van der Waals surface area (Å²) in [6.45, 7) is 4.02. The quantitative estimate of drug-likeness (QED) is 0.722. The fraction of sp³-hybridized carbons (Fsp3) is 0.923. The van der Waals surface area contributed by atoms with Gasteiger partial charge in [-0.05, 0) is 44.4 Å². The first-order valence-electron chi connectivity index (χ1n) is 6.75. The Morgan fingerprint density at radius 1 is 1.19 bits per heavy atom. The van der Waals surface area contributed by atoms with E-state index in [2.05, 4.69) is 6.92 Å². The highest BCUT2D eigenvalue weighted by Crippen LogP contribution is 2.24. The molecule has 1 aliphatic carbocycles. The van der Waals surface area contributed by atoms with Crippen LogP contribution < -0.4 is 0 Å². The van der Waals surface area contributed by atoms with Crippen molar-refractivity contribution >= 4 is 6.09 Å². The third kappa shape index (κ3) is 2.89. The maximum Gasteiger partial charge on any atom is 0.410 e. The third-order valence-electron chi connectivity index (χ3n) is 4.02. The Morgan fingerprint density at radius 3 is 2.38 bits per heavy atom. The number of piperidine rings is 1. The van der Waals surface area contributed by atoms with Gasteiger partial charge in [0.05, 0.1) is 0 Å². The molecular formula is C13H23NO2. The second-order valence-corrected chi connectivity index (χ2v) is 5.13. The lowest BCUT2D eigenvalue weighted by Crippen LogP contribution is -2.39. The van der Waals surface area contributed by atoms with E-state index in [1.807, 2.05) is 4.90 Å². The molecule has 16 heavy (non-hydrogen) atoms. The van der Waals surface area contributed by atoms with Crippen LogP contribution in [-0.2, 0) is 4.74 Å². The number of rotatable bonds is 2. The molecule has 1 heterocycles. The zero-order valence-corrected chi connectivity index (χ0v) is 10.3. The van der Waals surface area contributed by atoms with Gasteiger partial charge in [-0.1, -0.05) is 13.3 Å². The summed E-state index contributed by atoms with van der Waals surface area (Å²) in [7, 11) is 0. The molecule has 2 fully saturated rings. The third-order valence-corrected chi connectivity index (χ3v) is 4.02. The number of ether oxygens (including phenoxy) is 1. The van der Waals surface area contributed by atoms with Crippen LogP contribution in [0, 0.1) is 5.92 Å². The van der Waals surface area contributed by atoms with Crippen LogP contribution in [0.4, 0.5) is 4.79 Å². The van der Waals surface area contributed by atoms with Gasteiger partial charge >= 0.3 is 6.09 Å².